The van der Waals surface area contributed by atoms with Gasteiger partial charge in [-0.25, -0.2) is 8.78 Å². The van der Waals surface area contributed by atoms with Gasteiger partial charge in [0.1, 0.15) is 11.6 Å². The van der Waals surface area contributed by atoms with E-state index in [-0.39, 0.29) is 11.5 Å². The number of aromatic nitrogens is 4. The summed E-state index contributed by atoms with van der Waals surface area (Å²) in [5, 5.41) is 15.0. The van der Waals surface area contributed by atoms with E-state index in [1.54, 1.807) is 13.0 Å². The third kappa shape index (κ3) is 3.72. The normalized spacial score (nSPS) is 24.2. The maximum atomic E-state index is 14.1. The Hall–Kier alpha value is -3.50. The van der Waals surface area contributed by atoms with Crippen LogP contribution in [-0.2, 0) is 5.41 Å². The lowest BCUT2D eigenvalue weighted by Gasteiger charge is -2.37. The number of aryl methyl sites for hydroxylation is 1. The molecule has 1 aromatic carbocycles. The fourth-order valence-corrected chi connectivity index (χ4v) is 6.11. The molecule has 0 spiro atoms. The van der Waals surface area contributed by atoms with Crippen molar-refractivity contribution in [3.05, 3.63) is 41.3 Å². The van der Waals surface area contributed by atoms with Crippen LogP contribution in [-0.4, -0.2) is 52.9 Å². The molecule has 2 aliphatic heterocycles. The summed E-state index contributed by atoms with van der Waals surface area (Å²) in [6.07, 6.45) is 2.20. The molecule has 1 saturated carbocycles. The van der Waals surface area contributed by atoms with Crippen molar-refractivity contribution >= 4 is 29.3 Å². The number of halogens is 2. The Morgan fingerprint density at radius 3 is 2.44 bits per heavy atom. The predicted octanol–water partition coefficient (Wildman–Crippen LogP) is 4.24. The molecule has 190 valence electrons. The number of nitrogens with one attached hydrogen (secondary N) is 2. The van der Waals surface area contributed by atoms with Crippen LogP contribution in [0.1, 0.15) is 38.1 Å². The average Bonchev–Trinajstić information content (AvgIpc) is 3.46. The smallest absolute Gasteiger partial charge is 0.318 e. The first kappa shape index (κ1) is 22.9. The minimum absolute atomic E-state index is 0.221. The molecule has 9 nitrogen and oxygen atoms in total. The summed E-state index contributed by atoms with van der Waals surface area (Å²) in [5.41, 5.74) is 1.24. The van der Waals surface area contributed by atoms with E-state index in [0.717, 1.165) is 43.4 Å². The van der Waals surface area contributed by atoms with Crippen LogP contribution < -0.4 is 20.4 Å². The minimum atomic E-state index is -0.875. The Labute approximate surface area is 208 Å². The monoisotopic (exact) mass is 496 g/mol. The number of hydrogen-bond donors (Lipinski definition) is 2. The van der Waals surface area contributed by atoms with E-state index in [2.05, 4.69) is 39.6 Å². The number of piperidine rings is 1. The Morgan fingerprint density at radius 1 is 1.06 bits per heavy atom. The third-order valence-corrected chi connectivity index (χ3v) is 7.74. The van der Waals surface area contributed by atoms with Crippen molar-refractivity contribution in [1.29, 1.82) is 0 Å². The molecule has 11 heteroatoms. The lowest BCUT2D eigenvalue weighted by Crippen LogP contribution is -2.48. The molecule has 0 amide bonds. The number of benzene rings is 1. The summed E-state index contributed by atoms with van der Waals surface area (Å²) < 4.78 is 33.4. The molecule has 0 unspecified atom stereocenters. The second-order valence-electron chi connectivity index (χ2n) is 10.7. The van der Waals surface area contributed by atoms with Crippen LogP contribution in [0.15, 0.2) is 22.6 Å². The van der Waals surface area contributed by atoms with Gasteiger partial charge in [0.05, 0.1) is 0 Å². The second kappa shape index (κ2) is 8.28. The van der Waals surface area contributed by atoms with E-state index < -0.39 is 11.6 Å². The van der Waals surface area contributed by atoms with Crippen LogP contribution in [0.3, 0.4) is 0 Å². The van der Waals surface area contributed by atoms with E-state index in [1.165, 1.54) is 6.07 Å². The van der Waals surface area contributed by atoms with Gasteiger partial charge in [-0.2, -0.15) is 9.97 Å². The van der Waals surface area contributed by atoms with Gasteiger partial charge in [-0.05, 0) is 36.8 Å². The molecule has 2 bridgehead atoms. The first-order valence-electron chi connectivity index (χ1n) is 12.4. The van der Waals surface area contributed by atoms with E-state index in [4.69, 9.17) is 14.4 Å². The fourth-order valence-electron chi connectivity index (χ4n) is 6.11. The molecular weight excluding hydrogens is 466 g/mol. The van der Waals surface area contributed by atoms with Crippen molar-refractivity contribution < 1.29 is 13.2 Å². The van der Waals surface area contributed by atoms with Crippen LogP contribution in [0, 0.1) is 30.4 Å². The minimum Gasteiger partial charge on any atom is -0.408 e. The first-order chi connectivity index (χ1) is 17.2. The van der Waals surface area contributed by atoms with Crippen LogP contribution in [0.4, 0.5) is 38.1 Å². The Bertz CT molecular complexity index is 1300. The fraction of sp³-hybridized carbons (Fsp3) is 0.520. The highest BCUT2D eigenvalue weighted by molar-refractivity contribution is 5.75. The van der Waals surface area contributed by atoms with Gasteiger partial charge in [0.15, 0.2) is 11.6 Å². The van der Waals surface area contributed by atoms with Crippen molar-refractivity contribution in [1.82, 2.24) is 20.2 Å². The molecule has 1 aliphatic carbocycles. The summed E-state index contributed by atoms with van der Waals surface area (Å²) in [6, 6.07) is 4.78. The molecule has 2 aromatic heterocycles. The molecule has 3 aliphatic rings. The zero-order valence-corrected chi connectivity index (χ0v) is 20.8. The highest BCUT2D eigenvalue weighted by atomic mass is 19.2. The van der Waals surface area contributed by atoms with E-state index in [9.17, 15) is 8.78 Å². The van der Waals surface area contributed by atoms with Crippen LogP contribution in [0.5, 0.6) is 0 Å². The summed E-state index contributed by atoms with van der Waals surface area (Å²) >= 11 is 0. The molecule has 4 heterocycles. The molecule has 1 saturated heterocycles. The maximum Gasteiger partial charge on any atom is 0.318 e. The van der Waals surface area contributed by atoms with Gasteiger partial charge in [-0.1, -0.05) is 18.9 Å². The highest BCUT2D eigenvalue weighted by Crippen LogP contribution is 2.47. The zero-order chi connectivity index (χ0) is 25.2. The topological polar surface area (TPSA) is 95.2 Å². The lowest BCUT2D eigenvalue weighted by atomic mass is 9.88. The number of hydrogen-bond acceptors (Lipinski definition) is 9. The molecular formula is C25H30F2N8O. The average molecular weight is 497 g/mol. The summed E-state index contributed by atoms with van der Waals surface area (Å²) in [5.74, 6) is 1.59. The molecule has 0 radical (unpaired) electrons. The van der Waals surface area contributed by atoms with Gasteiger partial charge >= 0.3 is 6.01 Å². The number of rotatable bonds is 5. The predicted molar refractivity (Wildman–Crippen MR) is 133 cm³/mol. The van der Waals surface area contributed by atoms with Crippen molar-refractivity contribution in [2.45, 2.75) is 45.1 Å². The van der Waals surface area contributed by atoms with Crippen LogP contribution in [0.2, 0.25) is 0 Å². The van der Waals surface area contributed by atoms with Crippen molar-refractivity contribution in [3.8, 4) is 0 Å². The van der Waals surface area contributed by atoms with Gasteiger partial charge in [0.2, 0.25) is 11.8 Å². The highest BCUT2D eigenvalue weighted by Gasteiger charge is 2.45. The van der Waals surface area contributed by atoms with Gasteiger partial charge < -0.3 is 24.9 Å². The van der Waals surface area contributed by atoms with E-state index in [0.29, 0.717) is 47.7 Å². The third-order valence-electron chi connectivity index (χ3n) is 7.74. The summed E-state index contributed by atoms with van der Waals surface area (Å²) in [4.78, 5) is 13.9. The van der Waals surface area contributed by atoms with Gasteiger partial charge in [0.25, 0.3) is 0 Å². The van der Waals surface area contributed by atoms with Crippen molar-refractivity contribution in [2.75, 3.05) is 47.1 Å². The Balaban J connectivity index is 1.31. The van der Waals surface area contributed by atoms with Gasteiger partial charge in [-0.3, -0.25) is 0 Å². The van der Waals surface area contributed by atoms with E-state index in [1.807, 2.05) is 11.9 Å². The number of fused-ring (bicyclic) bond motifs is 3. The second-order valence-corrected chi connectivity index (χ2v) is 10.7. The van der Waals surface area contributed by atoms with Crippen molar-refractivity contribution in [3.63, 3.8) is 0 Å². The summed E-state index contributed by atoms with van der Waals surface area (Å²) in [6.45, 7) is 8.25. The van der Waals surface area contributed by atoms with Gasteiger partial charge in [-0.15, -0.1) is 5.10 Å². The summed E-state index contributed by atoms with van der Waals surface area (Å²) in [7, 11) is 1.84. The molecule has 3 aromatic rings. The maximum absolute atomic E-state index is 14.1. The van der Waals surface area contributed by atoms with Gasteiger partial charge in [0, 0.05) is 62.4 Å². The molecule has 3 atom stereocenters. The molecule has 2 fully saturated rings. The van der Waals surface area contributed by atoms with E-state index >= 15 is 0 Å². The lowest BCUT2D eigenvalue weighted by molar-refractivity contribution is 0.357. The van der Waals surface area contributed by atoms with Crippen LogP contribution >= 0.6 is 0 Å². The number of anilines is 5. The van der Waals surface area contributed by atoms with Crippen LogP contribution in [0.25, 0.3) is 0 Å². The van der Waals surface area contributed by atoms with Crippen molar-refractivity contribution in [2.24, 2.45) is 11.8 Å². The number of nitrogens with zero attached hydrogens (tertiary/aromatic N) is 6. The Kier molecular flexibility index (Phi) is 5.27. The molecule has 6 rings (SSSR count). The first-order valence-corrected chi connectivity index (χ1v) is 12.4. The molecule has 2 N–H and O–H groups in total. The standard InChI is InChI=1S/C25H30F2N8O/c1-13-32-33-24(36-13)34-10-14-5-6-15(11-34)20(14)29-23-30-21(28-4)19-22(31-23)35(12-25(19,2)3)16-7-8-17(26)18(27)9-16/h7-9,14-15,20H,5-6,10-12H2,1-4H3,(H2,28,29,30,31)/t14-,15+,20-. The molecule has 36 heavy (non-hydrogen) atoms. The SMILES string of the molecule is CNc1nc(N[C@@H]2[C@@H]3CC[C@H]2CN(c2nnc(C)o2)C3)nc2c1C(C)(C)CN2c1ccc(F)c(F)c1. The Morgan fingerprint density at radius 2 is 1.81 bits per heavy atom. The quantitative estimate of drug-likeness (QED) is 0.538. The zero-order valence-electron chi connectivity index (χ0n) is 20.8. The largest absolute Gasteiger partial charge is 0.408 e.